The summed E-state index contributed by atoms with van der Waals surface area (Å²) in [5.41, 5.74) is 12.5. The predicted octanol–water partition coefficient (Wildman–Crippen LogP) is 13.1. The van der Waals surface area contributed by atoms with Gasteiger partial charge in [0.1, 0.15) is 11.5 Å². The molecule has 0 bridgehead atoms. The Morgan fingerprint density at radius 2 is 0.854 bits per heavy atom. The largest absolute Gasteiger partial charge is 0.455 e. The Morgan fingerprint density at radius 3 is 1.44 bits per heavy atom. The second kappa shape index (κ2) is 11.8. The number of rotatable bonds is 6. The number of hydrogen-bond donors (Lipinski definition) is 0. The first-order valence-electron chi connectivity index (χ1n) is 16.3. The molecule has 0 spiro atoms. The van der Waals surface area contributed by atoms with Crippen molar-refractivity contribution in [2.45, 2.75) is 0 Å². The van der Waals surface area contributed by atoms with E-state index in [9.17, 15) is 0 Å². The van der Waals surface area contributed by atoms with E-state index in [0.29, 0.717) is 0 Å². The number of fused-ring (bicyclic) bond motifs is 2. The van der Waals surface area contributed by atoms with Crippen molar-refractivity contribution in [1.29, 1.82) is 0 Å². The monoisotopic (exact) mass is 613 g/mol. The van der Waals surface area contributed by atoms with E-state index in [1.165, 1.54) is 33.2 Å². The van der Waals surface area contributed by atoms with Gasteiger partial charge in [-0.15, -0.1) is 0 Å². The molecule has 8 aromatic carbocycles. The minimum Gasteiger partial charge on any atom is -0.455 e. The molecular formula is C46H31NO. The summed E-state index contributed by atoms with van der Waals surface area (Å²) in [6, 6.07) is 66.7. The van der Waals surface area contributed by atoms with Crippen LogP contribution in [0.5, 0.6) is 11.5 Å². The second-order valence-electron chi connectivity index (χ2n) is 12.2. The van der Waals surface area contributed by atoms with Crippen LogP contribution in [0.25, 0.3) is 55.3 Å². The van der Waals surface area contributed by atoms with Gasteiger partial charge in [-0.2, -0.15) is 0 Å². The number of anilines is 3. The fourth-order valence-electron chi connectivity index (χ4n) is 6.90. The second-order valence-corrected chi connectivity index (χ2v) is 12.2. The molecule has 1 aliphatic rings. The number of ether oxygens (including phenoxy) is 1. The molecule has 0 fully saturated rings. The third kappa shape index (κ3) is 4.92. The van der Waals surface area contributed by atoms with Gasteiger partial charge in [-0.05, 0) is 87.3 Å². The van der Waals surface area contributed by atoms with Gasteiger partial charge < -0.3 is 9.64 Å². The number of hydrogen-bond acceptors (Lipinski definition) is 2. The summed E-state index contributed by atoms with van der Waals surface area (Å²) in [5, 5.41) is 2.32. The van der Waals surface area contributed by atoms with Crippen LogP contribution < -0.4 is 9.64 Å². The molecule has 0 radical (unpaired) electrons. The molecule has 2 nitrogen and oxygen atoms in total. The van der Waals surface area contributed by atoms with Crippen molar-refractivity contribution in [2.24, 2.45) is 0 Å². The van der Waals surface area contributed by atoms with Crippen LogP contribution in [0.15, 0.2) is 188 Å². The molecule has 0 saturated heterocycles. The summed E-state index contributed by atoms with van der Waals surface area (Å²) in [4.78, 5) is 2.33. The van der Waals surface area contributed by atoms with Gasteiger partial charge in [0.25, 0.3) is 0 Å². The molecule has 8 aromatic rings. The van der Waals surface area contributed by atoms with Crippen LogP contribution in [0.4, 0.5) is 17.1 Å². The third-order valence-electron chi connectivity index (χ3n) is 9.27. The molecule has 0 aromatic heterocycles. The van der Waals surface area contributed by atoms with E-state index in [2.05, 4.69) is 193 Å². The van der Waals surface area contributed by atoms with Crippen molar-refractivity contribution in [3.05, 3.63) is 188 Å². The zero-order valence-corrected chi connectivity index (χ0v) is 26.3. The molecule has 0 atom stereocenters. The molecule has 0 N–H and O–H groups in total. The van der Waals surface area contributed by atoms with Crippen LogP contribution in [0, 0.1) is 0 Å². The van der Waals surface area contributed by atoms with Crippen LogP contribution in [0.3, 0.4) is 0 Å². The van der Waals surface area contributed by atoms with Crippen molar-refractivity contribution in [2.75, 3.05) is 4.90 Å². The van der Waals surface area contributed by atoms with Crippen LogP contribution in [0.2, 0.25) is 0 Å². The van der Waals surface area contributed by atoms with Gasteiger partial charge in [-0.3, -0.25) is 0 Å². The lowest BCUT2D eigenvalue weighted by atomic mass is 9.91. The van der Waals surface area contributed by atoms with Gasteiger partial charge in [-0.1, -0.05) is 140 Å². The Bertz CT molecular complexity index is 2300. The maximum atomic E-state index is 6.79. The fourth-order valence-corrected chi connectivity index (χ4v) is 6.90. The molecule has 0 unspecified atom stereocenters. The molecule has 1 heterocycles. The summed E-state index contributed by atoms with van der Waals surface area (Å²) in [7, 11) is 0. The van der Waals surface area contributed by atoms with Crippen molar-refractivity contribution < 1.29 is 4.74 Å². The Hall–Kier alpha value is -6.38. The van der Waals surface area contributed by atoms with E-state index in [-0.39, 0.29) is 0 Å². The SMILES string of the molecule is c1ccc(-c2ccc(N(c3ccc(-c4ccccc4)cc3)c3ccc4c(c3)-c3cccc5ccc(-c6ccccc6)c(c35)O4)cc2)cc1. The summed E-state index contributed by atoms with van der Waals surface area (Å²) >= 11 is 0. The Morgan fingerprint density at radius 1 is 0.333 bits per heavy atom. The quantitative estimate of drug-likeness (QED) is 0.185. The average molecular weight is 614 g/mol. The van der Waals surface area contributed by atoms with Gasteiger partial charge in [0, 0.05) is 33.6 Å². The minimum atomic E-state index is 0.862. The van der Waals surface area contributed by atoms with Gasteiger partial charge in [0.2, 0.25) is 0 Å². The highest BCUT2D eigenvalue weighted by Crippen LogP contribution is 2.52. The highest BCUT2D eigenvalue weighted by Gasteiger charge is 2.25. The van der Waals surface area contributed by atoms with E-state index in [4.69, 9.17) is 4.74 Å². The average Bonchev–Trinajstić information content (AvgIpc) is 3.17. The lowest BCUT2D eigenvalue weighted by Crippen LogP contribution is -2.10. The smallest absolute Gasteiger partial charge is 0.143 e. The van der Waals surface area contributed by atoms with E-state index in [1.807, 2.05) is 0 Å². The van der Waals surface area contributed by atoms with E-state index >= 15 is 0 Å². The Labute approximate surface area is 280 Å². The van der Waals surface area contributed by atoms with Crippen LogP contribution in [-0.2, 0) is 0 Å². The first-order chi connectivity index (χ1) is 23.8. The molecule has 0 saturated carbocycles. The molecule has 48 heavy (non-hydrogen) atoms. The first kappa shape index (κ1) is 27.9. The Kier molecular flexibility index (Phi) is 6.84. The van der Waals surface area contributed by atoms with Crippen LogP contribution in [0.1, 0.15) is 0 Å². The van der Waals surface area contributed by atoms with Crippen molar-refractivity contribution >= 4 is 27.8 Å². The van der Waals surface area contributed by atoms with Gasteiger partial charge in [0.05, 0.1) is 0 Å². The van der Waals surface area contributed by atoms with Gasteiger partial charge in [-0.25, -0.2) is 0 Å². The standard InChI is InChI=1S/C46H31NO/c1-4-11-32(12-5-1)34-19-24-38(25-20-34)47(39-26-21-35(22-27-39)33-13-6-2-7-14-33)40-28-30-44-43(31-40)42-18-10-17-37-23-29-41(46(48-44)45(37)42)36-15-8-3-9-16-36/h1-31H. The minimum absolute atomic E-state index is 0.862. The van der Waals surface area contributed by atoms with Gasteiger partial charge >= 0.3 is 0 Å². The molecule has 0 aliphatic carbocycles. The summed E-state index contributed by atoms with van der Waals surface area (Å²) in [6.45, 7) is 0. The lowest BCUT2D eigenvalue weighted by Gasteiger charge is -2.29. The summed E-state index contributed by atoms with van der Waals surface area (Å²) in [5.74, 6) is 1.78. The van der Waals surface area contributed by atoms with Crippen molar-refractivity contribution in [1.82, 2.24) is 0 Å². The van der Waals surface area contributed by atoms with Gasteiger partial charge in [0.15, 0.2) is 0 Å². The normalized spacial score (nSPS) is 11.5. The van der Waals surface area contributed by atoms with E-state index in [1.54, 1.807) is 0 Å². The molecule has 1 aliphatic heterocycles. The van der Waals surface area contributed by atoms with E-state index < -0.39 is 0 Å². The van der Waals surface area contributed by atoms with E-state index in [0.717, 1.165) is 50.6 Å². The van der Waals surface area contributed by atoms with Crippen molar-refractivity contribution in [3.8, 4) is 56.0 Å². The highest BCUT2D eigenvalue weighted by atomic mass is 16.5. The number of nitrogens with zero attached hydrogens (tertiary/aromatic N) is 1. The molecule has 0 amide bonds. The summed E-state index contributed by atoms with van der Waals surface area (Å²) in [6.07, 6.45) is 0. The lowest BCUT2D eigenvalue weighted by molar-refractivity contribution is 0.489. The van der Waals surface area contributed by atoms with Crippen molar-refractivity contribution in [3.63, 3.8) is 0 Å². The third-order valence-corrected chi connectivity index (χ3v) is 9.27. The fraction of sp³-hybridized carbons (Fsp3) is 0. The maximum Gasteiger partial charge on any atom is 0.143 e. The molecule has 2 heteroatoms. The first-order valence-corrected chi connectivity index (χ1v) is 16.3. The molecule has 9 rings (SSSR count). The number of benzene rings is 8. The predicted molar refractivity (Wildman–Crippen MR) is 200 cm³/mol. The maximum absolute atomic E-state index is 6.79. The molecule has 226 valence electrons. The topological polar surface area (TPSA) is 12.5 Å². The zero-order chi connectivity index (χ0) is 31.9. The van der Waals surface area contributed by atoms with Crippen LogP contribution >= 0.6 is 0 Å². The molecular weight excluding hydrogens is 583 g/mol. The Balaban J connectivity index is 1.18. The highest BCUT2D eigenvalue weighted by molar-refractivity contribution is 6.08. The zero-order valence-electron chi connectivity index (χ0n) is 26.3. The summed E-state index contributed by atoms with van der Waals surface area (Å²) < 4.78 is 6.79. The van der Waals surface area contributed by atoms with Crippen LogP contribution in [-0.4, -0.2) is 0 Å².